The Hall–Kier alpha value is -1.86. The fourth-order valence-corrected chi connectivity index (χ4v) is 2.55. The Bertz CT molecular complexity index is 604. The lowest BCUT2D eigenvalue weighted by atomic mass is 9.87. The van der Waals surface area contributed by atoms with E-state index in [9.17, 15) is 8.78 Å². The van der Waals surface area contributed by atoms with Crippen LogP contribution in [0, 0.1) is 11.6 Å². The van der Waals surface area contributed by atoms with E-state index in [0.29, 0.717) is 18.8 Å². The highest BCUT2D eigenvalue weighted by Crippen LogP contribution is 2.36. The average Bonchev–Trinajstić information content (AvgIpc) is 3.01. The normalized spacial score (nSPS) is 26.1. The summed E-state index contributed by atoms with van der Waals surface area (Å²) in [5.74, 6) is -1.23. The maximum absolute atomic E-state index is 14.2. The van der Waals surface area contributed by atoms with Crippen LogP contribution in [0.2, 0.25) is 0 Å². The van der Waals surface area contributed by atoms with Gasteiger partial charge in [-0.1, -0.05) is 6.07 Å². The van der Waals surface area contributed by atoms with Crippen LogP contribution in [0.5, 0.6) is 0 Å². The highest BCUT2D eigenvalue weighted by atomic mass is 19.1. The molecule has 106 valence electrons. The molecule has 0 aliphatic carbocycles. The Balaban J connectivity index is 2.06. The van der Waals surface area contributed by atoms with Crippen LogP contribution in [0.3, 0.4) is 0 Å². The maximum Gasteiger partial charge on any atom is 0.137 e. The van der Waals surface area contributed by atoms with Crippen LogP contribution >= 0.6 is 0 Å². The highest BCUT2D eigenvalue weighted by molar-refractivity contribution is 5.28. The minimum atomic E-state index is -0.939. The summed E-state index contributed by atoms with van der Waals surface area (Å²) in [7, 11) is 0. The zero-order valence-corrected chi connectivity index (χ0v) is 10.9. The molecule has 1 aliphatic rings. The molecule has 1 fully saturated rings. The first-order chi connectivity index (χ1) is 9.62. The van der Waals surface area contributed by atoms with E-state index in [-0.39, 0.29) is 6.04 Å². The number of ether oxygens (including phenoxy) is 1. The summed E-state index contributed by atoms with van der Waals surface area (Å²) in [5.41, 5.74) is -0.627. The third kappa shape index (κ3) is 2.08. The van der Waals surface area contributed by atoms with Crippen molar-refractivity contribution in [3.63, 3.8) is 0 Å². The summed E-state index contributed by atoms with van der Waals surface area (Å²) >= 11 is 0. The molecule has 2 aromatic rings. The van der Waals surface area contributed by atoms with E-state index in [1.165, 1.54) is 24.8 Å². The third-order valence-electron chi connectivity index (χ3n) is 3.67. The van der Waals surface area contributed by atoms with Crippen molar-refractivity contribution in [1.29, 1.82) is 0 Å². The lowest BCUT2D eigenvalue weighted by Gasteiger charge is -2.32. The topological polar surface area (TPSA) is 52.0 Å². The predicted molar refractivity (Wildman–Crippen MR) is 66.6 cm³/mol. The van der Waals surface area contributed by atoms with Gasteiger partial charge in [-0.15, -0.1) is 0 Å². The molecule has 2 heterocycles. The molecule has 0 unspecified atom stereocenters. The van der Waals surface area contributed by atoms with E-state index in [1.54, 1.807) is 4.68 Å². The summed E-state index contributed by atoms with van der Waals surface area (Å²) in [6, 6.07) is 3.38. The molecule has 1 aromatic carbocycles. The molecule has 7 heteroatoms. The molecule has 5 nitrogen and oxygen atoms in total. The Labute approximate surface area is 114 Å². The number of aromatic nitrogens is 3. The molecule has 0 bridgehead atoms. The molecular formula is C13H14F2N4O. The summed E-state index contributed by atoms with van der Waals surface area (Å²) in [6.07, 6.45) is 2.94. The van der Waals surface area contributed by atoms with Crippen LogP contribution in [0.15, 0.2) is 30.9 Å². The molecule has 1 aliphatic heterocycles. The van der Waals surface area contributed by atoms with E-state index in [0.717, 1.165) is 6.07 Å². The SMILES string of the molecule is C[C@H]1NCO[C@]1(Cn1cncn1)c1ccc(F)cc1F. The number of nitrogens with zero attached hydrogens (tertiary/aromatic N) is 3. The van der Waals surface area contributed by atoms with Crippen LogP contribution in [-0.2, 0) is 16.9 Å². The zero-order chi connectivity index (χ0) is 14.2. The van der Waals surface area contributed by atoms with Crippen molar-refractivity contribution in [1.82, 2.24) is 20.1 Å². The quantitative estimate of drug-likeness (QED) is 0.924. The van der Waals surface area contributed by atoms with Crippen molar-refractivity contribution in [3.05, 3.63) is 48.1 Å². The first kappa shape index (κ1) is 13.1. The van der Waals surface area contributed by atoms with Gasteiger partial charge in [0.1, 0.15) is 29.9 Å². The smallest absolute Gasteiger partial charge is 0.137 e. The van der Waals surface area contributed by atoms with Gasteiger partial charge in [-0.3, -0.25) is 5.32 Å². The Morgan fingerprint density at radius 3 is 2.95 bits per heavy atom. The van der Waals surface area contributed by atoms with Gasteiger partial charge in [-0.2, -0.15) is 5.10 Å². The van der Waals surface area contributed by atoms with E-state index >= 15 is 0 Å². The molecule has 0 spiro atoms. The number of hydrogen-bond acceptors (Lipinski definition) is 4. The second-order valence-corrected chi connectivity index (χ2v) is 4.82. The largest absolute Gasteiger partial charge is 0.351 e. The summed E-state index contributed by atoms with van der Waals surface area (Å²) in [4.78, 5) is 3.87. The van der Waals surface area contributed by atoms with Gasteiger partial charge in [0.05, 0.1) is 13.3 Å². The first-order valence-corrected chi connectivity index (χ1v) is 6.27. The first-order valence-electron chi connectivity index (χ1n) is 6.27. The zero-order valence-electron chi connectivity index (χ0n) is 10.9. The van der Waals surface area contributed by atoms with E-state index in [1.807, 2.05) is 6.92 Å². The van der Waals surface area contributed by atoms with E-state index in [2.05, 4.69) is 15.4 Å². The van der Waals surface area contributed by atoms with Crippen molar-refractivity contribution in [2.45, 2.75) is 25.1 Å². The van der Waals surface area contributed by atoms with Crippen molar-refractivity contribution in [2.75, 3.05) is 6.73 Å². The Morgan fingerprint density at radius 2 is 2.35 bits per heavy atom. The summed E-state index contributed by atoms with van der Waals surface area (Å²) in [5, 5.41) is 7.15. The van der Waals surface area contributed by atoms with Crippen LogP contribution in [0.4, 0.5) is 8.78 Å². The fraction of sp³-hybridized carbons (Fsp3) is 0.385. The van der Waals surface area contributed by atoms with Gasteiger partial charge in [0.2, 0.25) is 0 Å². The summed E-state index contributed by atoms with van der Waals surface area (Å²) < 4.78 is 34.6. The number of nitrogens with one attached hydrogen (secondary N) is 1. The molecule has 2 atom stereocenters. The fourth-order valence-electron chi connectivity index (χ4n) is 2.55. The number of rotatable bonds is 3. The minimum absolute atomic E-state index is 0.147. The van der Waals surface area contributed by atoms with Gasteiger partial charge >= 0.3 is 0 Å². The van der Waals surface area contributed by atoms with Crippen LogP contribution < -0.4 is 5.32 Å². The highest BCUT2D eigenvalue weighted by Gasteiger charge is 2.45. The van der Waals surface area contributed by atoms with Crippen molar-refractivity contribution >= 4 is 0 Å². The molecule has 0 radical (unpaired) electrons. The number of hydrogen-bond donors (Lipinski definition) is 1. The predicted octanol–water partition coefficient (Wildman–Crippen LogP) is 1.42. The monoisotopic (exact) mass is 280 g/mol. The molecule has 1 saturated heterocycles. The minimum Gasteiger partial charge on any atom is -0.351 e. The average molecular weight is 280 g/mol. The molecule has 1 N–H and O–H groups in total. The van der Waals surface area contributed by atoms with Gasteiger partial charge in [0.25, 0.3) is 0 Å². The lowest BCUT2D eigenvalue weighted by Crippen LogP contribution is -2.43. The molecule has 20 heavy (non-hydrogen) atoms. The second-order valence-electron chi connectivity index (χ2n) is 4.82. The van der Waals surface area contributed by atoms with Crippen molar-refractivity contribution < 1.29 is 13.5 Å². The number of benzene rings is 1. The van der Waals surface area contributed by atoms with Crippen molar-refractivity contribution in [3.8, 4) is 0 Å². The standard InChI is InChI=1S/C13H14F2N4O/c1-9-13(20-8-17-9,5-19-7-16-6-18-19)11-3-2-10(14)4-12(11)15/h2-4,6-7,9,17H,5,8H2,1H3/t9-,13+/m1/s1. The molecule has 0 amide bonds. The van der Waals surface area contributed by atoms with Crippen molar-refractivity contribution in [2.24, 2.45) is 0 Å². The van der Waals surface area contributed by atoms with E-state index in [4.69, 9.17) is 4.74 Å². The molecule has 1 aromatic heterocycles. The van der Waals surface area contributed by atoms with E-state index < -0.39 is 17.2 Å². The Morgan fingerprint density at radius 1 is 1.50 bits per heavy atom. The Kier molecular flexibility index (Phi) is 3.23. The van der Waals surface area contributed by atoms with Crippen LogP contribution in [0.25, 0.3) is 0 Å². The lowest BCUT2D eigenvalue weighted by molar-refractivity contribution is -0.0267. The molecule has 0 saturated carbocycles. The van der Waals surface area contributed by atoms with Crippen LogP contribution in [-0.4, -0.2) is 27.5 Å². The molecule has 3 rings (SSSR count). The number of halogens is 2. The van der Waals surface area contributed by atoms with Gasteiger partial charge < -0.3 is 4.74 Å². The van der Waals surface area contributed by atoms with Gasteiger partial charge in [0, 0.05) is 17.7 Å². The maximum atomic E-state index is 14.2. The third-order valence-corrected chi connectivity index (χ3v) is 3.67. The van der Waals surface area contributed by atoms with Gasteiger partial charge in [-0.05, 0) is 13.0 Å². The summed E-state index contributed by atoms with van der Waals surface area (Å²) in [6.45, 7) is 2.49. The molecular weight excluding hydrogens is 266 g/mol. The van der Waals surface area contributed by atoms with Gasteiger partial charge in [-0.25, -0.2) is 18.4 Å². The van der Waals surface area contributed by atoms with Crippen LogP contribution in [0.1, 0.15) is 12.5 Å². The van der Waals surface area contributed by atoms with Gasteiger partial charge in [0.15, 0.2) is 0 Å². The second kappa shape index (κ2) is 4.92.